The monoisotopic (exact) mass is 335 g/mol. The van der Waals surface area contributed by atoms with Crippen molar-refractivity contribution in [3.63, 3.8) is 0 Å². The van der Waals surface area contributed by atoms with E-state index in [9.17, 15) is 9.59 Å². The van der Waals surface area contributed by atoms with Crippen LogP contribution in [0.2, 0.25) is 5.02 Å². The van der Waals surface area contributed by atoms with Crippen LogP contribution in [0, 0.1) is 5.41 Å². The standard InChI is InChI=1S/C17H18ClNO2S/c1-17(2,3)14(20)10-15-19(4)16(21)13(22-15)9-11-5-7-12(18)8-6-11/h5-10H,1-4H3. The Hall–Kier alpha value is -1.65. The molecule has 0 fully saturated rings. The highest BCUT2D eigenvalue weighted by Crippen LogP contribution is 2.14. The Morgan fingerprint density at radius 3 is 2.36 bits per heavy atom. The number of halogens is 1. The Balaban J connectivity index is 2.56. The fraction of sp³-hybridized carbons (Fsp3) is 0.294. The molecule has 0 bridgehead atoms. The van der Waals surface area contributed by atoms with Crippen LogP contribution in [0.5, 0.6) is 0 Å². The molecular formula is C17H18ClNO2S. The molecule has 1 aromatic heterocycles. The molecule has 0 aliphatic heterocycles. The van der Waals surface area contributed by atoms with Gasteiger partial charge in [0, 0.05) is 23.6 Å². The van der Waals surface area contributed by atoms with Gasteiger partial charge in [0.05, 0.1) is 4.53 Å². The van der Waals surface area contributed by atoms with Gasteiger partial charge in [0.15, 0.2) is 5.78 Å². The molecule has 0 radical (unpaired) electrons. The van der Waals surface area contributed by atoms with Crippen LogP contribution in [0.15, 0.2) is 29.1 Å². The van der Waals surface area contributed by atoms with E-state index in [0.29, 0.717) is 14.2 Å². The van der Waals surface area contributed by atoms with E-state index in [1.807, 2.05) is 39.0 Å². The average molecular weight is 336 g/mol. The molecule has 5 heteroatoms. The zero-order chi connectivity index (χ0) is 16.5. The molecule has 0 aliphatic carbocycles. The fourth-order valence-electron chi connectivity index (χ4n) is 1.75. The molecule has 116 valence electrons. The summed E-state index contributed by atoms with van der Waals surface area (Å²) in [5.74, 6) is 0.00222. The van der Waals surface area contributed by atoms with E-state index in [-0.39, 0.29) is 11.3 Å². The number of aromatic nitrogens is 1. The van der Waals surface area contributed by atoms with Crippen molar-refractivity contribution < 1.29 is 4.79 Å². The Morgan fingerprint density at radius 1 is 1.23 bits per heavy atom. The van der Waals surface area contributed by atoms with Crippen molar-refractivity contribution >= 4 is 40.9 Å². The zero-order valence-corrected chi connectivity index (χ0v) is 14.6. The van der Waals surface area contributed by atoms with Gasteiger partial charge in [-0.3, -0.25) is 9.59 Å². The summed E-state index contributed by atoms with van der Waals surface area (Å²) in [6.07, 6.45) is 3.35. The number of carbonyl (C=O) groups is 1. The van der Waals surface area contributed by atoms with E-state index in [1.165, 1.54) is 15.9 Å². The topological polar surface area (TPSA) is 39.1 Å². The first kappa shape index (κ1) is 16.7. The van der Waals surface area contributed by atoms with Crippen molar-refractivity contribution in [3.8, 4) is 0 Å². The van der Waals surface area contributed by atoms with Gasteiger partial charge in [-0.25, -0.2) is 0 Å². The molecule has 1 heterocycles. The van der Waals surface area contributed by atoms with Crippen molar-refractivity contribution in [3.05, 3.63) is 54.4 Å². The minimum absolute atomic E-state index is 0.00222. The quantitative estimate of drug-likeness (QED) is 0.845. The highest BCUT2D eigenvalue weighted by Gasteiger charge is 2.19. The maximum absolute atomic E-state index is 12.3. The predicted octanol–water partition coefficient (Wildman–Crippen LogP) is 2.32. The van der Waals surface area contributed by atoms with Crippen LogP contribution in [0.3, 0.4) is 0 Å². The number of rotatable bonds is 2. The lowest BCUT2D eigenvalue weighted by atomic mass is 9.91. The molecule has 0 spiro atoms. The van der Waals surface area contributed by atoms with Crippen molar-refractivity contribution in [1.82, 2.24) is 4.57 Å². The van der Waals surface area contributed by atoms with Gasteiger partial charge < -0.3 is 4.57 Å². The van der Waals surface area contributed by atoms with Crippen LogP contribution in [0.4, 0.5) is 0 Å². The van der Waals surface area contributed by atoms with Crippen LogP contribution >= 0.6 is 22.9 Å². The summed E-state index contributed by atoms with van der Waals surface area (Å²) in [7, 11) is 1.68. The van der Waals surface area contributed by atoms with Crippen LogP contribution in [0.25, 0.3) is 12.2 Å². The summed E-state index contributed by atoms with van der Waals surface area (Å²) >= 11 is 7.17. The highest BCUT2D eigenvalue weighted by atomic mass is 35.5. The van der Waals surface area contributed by atoms with Crippen molar-refractivity contribution in [2.75, 3.05) is 0 Å². The fourth-order valence-corrected chi connectivity index (χ4v) is 2.90. The lowest BCUT2D eigenvalue weighted by molar-refractivity contribution is -0.120. The van der Waals surface area contributed by atoms with E-state index < -0.39 is 5.41 Å². The van der Waals surface area contributed by atoms with Crippen LogP contribution in [-0.4, -0.2) is 10.4 Å². The molecule has 0 saturated carbocycles. The third-order valence-electron chi connectivity index (χ3n) is 3.22. The van der Waals surface area contributed by atoms with Crippen molar-refractivity contribution in [2.24, 2.45) is 12.5 Å². The van der Waals surface area contributed by atoms with Gasteiger partial charge in [-0.2, -0.15) is 0 Å². The minimum atomic E-state index is -0.458. The molecule has 0 aliphatic rings. The van der Waals surface area contributed by atoms with Crippen molar-refractivity contribution in [2.45, 2.75) is 20.8 Å². The van der Waals surface area contributed by atoms with Gasteiger partial charge >= 0.3 is 0 Å². The maximum atomic E-state index is 12.3. The number of nitrogens with zero attached hydrogens (tertiary/aromatic N) is 1. The molecule has 0 N–H and O–H groups in total. The second-order valence-electron chi connectivity index (χ2n) is 6.12. The first-order valence-corrected chi connectivity index (χ1v) is 8.07. The number of carbonyl (C=O) groups excluding carboxylic acids is 1. The van der Waals surface area contributed by atoms with Gasteiger partial charge in [-0.15, -0.1) is 11.3 Å². The second-order valence-corrected chi connectivity index (χ2v) is 7.62. The number of benzene rings is 1. The van der Waals surface area contributed by atoms with Gasteiger partial charge in [0.25, 0.3) is 5.56 Å². The number of hydrogen-bond acceptors (Lipinski definition) is 3. The molecule has 1 aromatic carbocycles. The molecule has 3 nitrogen and oxygen atoms in total. The summed E-state index contributed by atoms with van der Waals surface area (Å²) in [6.45, 7) is 5.58. The third kappa shape index (κ3) is 3.76. The Labute approximate surface area is 138 Å². The van der Waals surface area contributed by atoms with Crippen LogP contribution in [0.1, 0.15) is 26.3 Å². The average Bonchev–Trinajstić information content (AvgIpc) is 2.69. The van der Waals surface area contributed by atoms with E-state index in [1.54, 1.807) is 25.3 Å². The molecule has 0 unspecified atom stereocenters. The van der Waals surface area contributed by atoms with Gasteiger partial charge in [0.1, 0.15) is 4.66 Å². The van der Waals surface area contributed by atoms with E-state index >= 15 is 0 Å². The van der Waals surface area contributed by atoms with Gasteiger partial charge in [-0.05, 0) is 23.8 Å². The first-order chi connectivity index (χ1) is 10.2. The van der Waals surface area contributed by atoms with Crippen LogP contribution < -0.4 is 14.8 Å². The third-order valence-corrected chi connectivity index (χ3v) is 4.59. The number of thiazole rings is 1. The minimum Gasteiger partial charge on any atom is -0.302 e. The van der Waals surface area contributed by atoms with Gasteiger partial charge in [-0.1, -0.05) is 44.5 Å². The SMILES string of the molecule is Cn1c(=CC(=O)C(C)(C)C)sc(=Cc2ccc(Cl)cc2)c1=O. The summed E-state index contributed by atoms with van der Waals surface area (Å²) in [6, 6.07) is 7.26. The summed E-state index contributed by atoms with van der Waals surface area (Å²) in [4.78, 5) is 24.4. The smallest absolute Gasteiger partial charge is 0.268 e. The number of hydrogen-bond donors (Lipinski definition) is 0. The Kier molecular flexibility index (Phi) is 4.73. The molecule has 22 heavy (non-hydrogen) atoms. The van der Waals surface area contributed by atoms with E-state index in [0.717, 1.165) is 5.56 Å². The highest BCUT2D eigenvalue weighted by molar-refractivity contribution is 7.07. The second kappa shape index (κ2) is 6.23. The largest absolute Gasteiger partial charge is 0.302 e. The number of Topliss-reactive ketones (excluding diaryl/α,β-unsaturated/α-hetero) is 1. The lowest BCUT2D eigenvalue weighted by Crippen LogP contribution is -2.30. The molecule has 2 aromatic rings. The van der Waals surface area contributed by atoms with Crippen LogP contribution in [-0.2, 0) is 11.8 Å². The van der Waals surface area contributed by atoms with Crippen molar-refractivity contribution in [1.29, 1.82) is 0 Å². The molecule has 2 rings (SSSR count). The molecule has 0 amide bonds. The Morgan fingerprint density at radius 2 is 1.82 bits per heavy atom. The lowest BCUT2D eigenvalue weighted by Gasteiger charge is -2.12. The molecule has 0 atom stereocenters. The van der Waals surface area contributed by atoms with E-state index in [2.05, 4.69) is 0 Å². The first-order valence-electron chi connectivity index (χ1n) is 6.88. The molecule has 0 saturated heterocycles. The summed E-state index contributed by atoms with van der Waals surface area (Å²) < 4.78 is 2.76. The zero-order valence-electron chi connectivity index (χ0n) is 13.0. The summed E-state index contributed by atoms with van der Waals surface area (Å²) in [5, 5.41) is 0.654. The molecular weight excluding hydrogens is 318 g/mol. The number of ketones is 1. The normalized spacial score (nSPS) is 13.7. The predicted molar refractivity (Wildman–Crippen MR) is 92.8 cm³/mol. The van der Waals surface area contributed by atoms with E-state index in [4.69, 9.17) is 11.6 Å². The van der Waals surface area contributed by atoms with Gasteiger partial charge in [0.2, 0.25) is 0 Å². The maximum Gasteiger partial charge on any atom is 0.268 e. The Bertz CT molecular complexity index is 867. The summed E-state index contributed by atoms with van der Waals surface area (Å²) in [5.41, 5.74) is 0.338.